The lowest BCUT2D eigenvalue weighted by molar-refractivity contribution is 0.102. The number of hydrogen-bond donors (Lipinski definition) is 1. The normalized spacial score (nSPS) is 9.35. The predicted molar refractivity (Wildman–Crippen MR) is 83.9 cm³/mol. The molecule has 1 N–H and O–H groups in total. The van der Waals surface area contributed by atoms with E-state index < -0.39 is 0 Å². The molecule has 1 aromatic carbocycles. The van der Waals surface area contributed by atoms with Gasteiger partial charge in [0.2, 0.25) is 0 Å². The summed E-state index contributed by atoms with van der Waals surface area (Å²) < 4.78 is 0. The van der Waals surface area contributed by atoms with Crippen LogP contribution in [0.25, 0.3) is 0 Å². The first-order valence-corrected chi connectivity index (χ1v) is 6.80. The van der Waals surface area contributed by atoms with Crippen LogP contribution in [-0.2, 0) is 0 Å². The van der Waals surface area contributed by atoms with Crippen molar-refractivity contribution in [3.05, 3.63) is 54.1 Å². The second-order valence-electron chi connectivity index (χ2n) is 4.45. The molecule has 1 heterocycles. The van der Waals surface area contributed by atoms with Gasteiger partial charge in [0.15, 0.2) is 0 Å². The summed E-state index contributed by atoms with van der Waals surface area (Å²) >= 11 is 0. The van der Waals surface area contributed by atoms with Crippen LogP contribution in [0.2, 0.25) is 0 Å². The van der Waals surface area contributed by atoms with Crippen LogP contribution in [0.3, 0.4) is 0 Å². The highest BCUT2D eigenvalue weighted by Crippen LogP contribution is 2.07. The number of aromatic nitrogens is 2. The molecule has 2 rings (SSSR count). The van der Waals surface area contributed by atoms with Crippen molar-refractivity contribution in [2.24, 2.45) is 0 Å². The van der Waals surface area contributed by atoms with Gasteiger partial charge in [-0.15, -0.1) is 0 Å². The molecule has 0 unspecified atom stereocenters. The number of amides is 1. The minimum atomic E-state index is -0.154. The zero-order valence-corrected chi connectivity index (χ0v) is 12.3. The molecule has 0 bridgehead atoms. The van der Waals surface area contributed by atoms with Crippen LogP contribution >= 0.6 is 0 Å². The average Bonchev–Trinajstić information content (AvgIpc) is 2.48. The lowest BCUT2D eigenvalue weighted by Crippen LogP contribution is -2.12. The third kappa shape index (κ3) is 5.61. The molecule has 4 nitrogen and oxygen atoms in total. The molecule has 0 atom stereocenters. The fourth-order valence-corrected chi connectivity index (χ4v) is 1.35. The summed E-state index contributed by atoms with van der Waals surface area (Å²) in [6.07, 6.45) is 7.17. The SMILES string of the molecule is CCCC.Cc1cccc(C(=O)Nc2cncnc2)c1.[HH]. The van der Waals surface area contributed by atoms with E-state index >= 15 is 0 Å². The molecule has 0 aliphatic carbocycles. The molecular formula is C16H23N3O. The Kier molecular flexibility index (Phi) is 6.96. The van der Waals surface area contributed by atoms with Gasteiger partial charge in [-0.3, -0.25) is 4.79 Å². The van der Waals surface area contributed by atoms with E-state index in [1.807, 2.05) is 25.1 Å². The van der Waals surface area contributed by atoms with E-state index in [-0.39, 0.29) is 7.33 Å². The predicted octanol–water partition coefficient (Wildman–Crippen LogP) is 4.09. The molecule has 0 saturated heterocycles. The smallest absolute Gasteiger partial charge is 0.255 e. The Labute approximate surface area is 121 Å². The van der Waals surface area contributed by atoms with Gasteiger partial charge in [0, 0.05) is 6.99 Å². The van der Waals surface area contributed by atoms with E-state index in [2.05, 4.69) is 29.1 Å². The van der Waals surface area contributed by atoms with E-state index in [4.69, 9.17) is 0 Å². The first-order chi connectivity index (χ1) is 9.67. The van der Waals surface area contributed by atoms with Crippen molar-refractivity contribution in [3.63, 3.8) is 0 Å². The van der Waals surface area contributed by atoms with Crippen LogP contribution in [0.1, 0.15) is 44.0 Å². The van der Waals surface area contributed by atoms with Crippen molar-refractivity contribution in [1.82, 2.24) is 9.97 Å². The molecule has 0 fully saturated rings. The molecule has 1 aromatic heterocycles. The third-order valence-corrected chi connectivity index (χ3v) is 2.60. The Morgan fingerprint density at radius 2 is 1.85 bits per heavy atom. The van der Waals surface area contributed by atoms with E-state index in [1.165, 1.54) is 19.2 Å². The van der Waals surface area contributed by atoms with Gasteiger partial charge < -0.3 is 5.32 Å². The summed E-state index contributed by atoms with van der Waals surface area (Å²) in [5.74, 6) is -0.154. The van der Waals surface area contributed by atoms with E-state index in [0.29, 0.717) is 11.3 Å². The molecule has 20 heavy (non-hydrogen) atoms. The maximum absolute atomic E-state index is 11.8. The molecule has 0 saturated carbocycles. The molecule has 4 heteroatoms. The number of nitrogens with one attached hydrogen (secondary N) is 1. The summed E-state index contributed by atoms with van der Waals surface area (Å²) in [6, 6.07) is 7.40. The maximum Gasteiger partial charge on any atom is 0.255 e. The molecular weight excluding hydrogens is 250 g/mol. The number of unbranched alkanes of at least 4 members (excludes halogenated alkanes) is 1. The van der Waals surface area contributed by atoms with E-state index in [0.717, 1.165) is 5.56 Å². The Bertz CT molecular complexity index is 530. The Morgan fingerprint density at radius 3 is 2.40 bits per heavy atom. The van der Waals surface area contributed by atoms with E-state index in [9.17, 15) is 4.79 Å². The van der Waals surface area contributed by atoms with Gasteiger partial charge in [-0.05, 0) is 19.1 Å². The number of hydrogen-bond acceptors (Lipinski definition) is 3. The van der Waals surface area contributed by atoms with Crippen LogP contribution < -0.4 is 5.32 Å². The number of benzene rings is 1. The fraction of sp³-hybridized carbons (Fsp3) is 0.312. The zero-order valence-electron chi connectivity index (χ0n) is 12.3. The minimum Gasteiger partial charge on any atom is -0.319 e. The Hall–Kier alpha value is -2.23. The molecule has 1 amide bonds. The standard InChI is InChI=1S/C12H11N3O.C4H10.H2/c1-9-3-2-4-10(5-9)12(16)15-11-6-13-8-14-7-11;1-3-4-2;/h2-8H,1H3,(H,15,16);3-4H2,1-2H3;1H. The Balaban J connectivity index is 0.000000715. The summed E-state index contributed by atoms with van der Waals surface area (Å²) in [7, 11) is 0. The number of anilines is 1. The third-order valence-electron chi connectivity index (χ3n) is 2.60. The van der Waals surface area contributed by atoms with Gasteiger partial charge in [0.25, 0.3) is 5.91 Å². The lowest BCUT2D eigenvalue weighted by Gasteiger charge is -2.04. The number of nitrogens with zero attached hydrogens (tertiary/aromatic N) is 2. The first kappa shape index (κ1) is 15.8. The molecule has 0 aliphatic heterocycles. The van der Waals surface area contributed by atoms with Gasteiger partial charge in [-0.2, -0.15) is 0 Å². The van der Waals surface area contributed by atoms with Crippen LogP contribution in [0.5, 0.6) is 0 Å². The van der Waals surface area contributed by atoms with Crippen LogP contribution in [-0.4, -0.2) is 15.9 Å². The van der Waals surface area contributed by atoms with Gasteiger partial charge in [-0.1, -0.05) is 44.4 Å². The summed E-state index contributed by atoms with van der Waals surface area (Å²) in [5, 5.41) is 2.72. The molecule has 0 spiro atoms. The lowest BCUT2D eigenvalue weighted by atomic mass is 10.1. The fourth-order valence-electron chi connectivity index (χ4n) is 1.35. The summed E-state index contributed by atoms with van der Waals surface area (Å²) in [4.78, 5) is 19.4. The zero-order chi connectivity index (χ0) is 14.8. The molecule has 108 valence electrons. The van der Waals surface area contributed by atoms with Gasteiger partial charge in [-0.25, -0.2) is 9.97 Å². The molecule has 2 aromatic rings. The van der Waals surface area contributed by atoms with Crippen molar-refractivity contribution in [3.8, 4) is 0 Å². The number of aryl methyl sites for hydroxylation is 1. The summed E-state index contributed by atoms with van der Waals surface area (Å²) in [5.41, 5.74) is 2.27. The highest BCUT2D eigenvalue weighted by Gasteiger charge is 2.05. The van der Waals surface area contributed by atoms with Crippen molar-refractivity contribution in [1.29, 1.82) is 0 Å². The van der Waals surface area contributed by atoms with Crippen molar-refractivity contribution < 1.29 is 6.22 Å². The second kappa shape index (κ2) is 8.80. The van der Waals surface area contributed by atoms with Crippen LogP contribution in [0, 0.1) is 6.92 Å². The number of carbonyl (C=O) groups excluding carboxylic acids is 1. The van der Waals surface area contributed by atoms with Crippen LogP contribution in [0.4, 0.5) is 5.69 Å². The highest BCUT2D eigenvalue weighted by atomic mass is 16.1. The van der Waals surface area contributed by atoms with Gasteiger partial charge >= 0.3 is 0 Å². The quantitative estimate of drug-likeness (QED) is 0.916. The second-order valence-corrected chi connectivity index (χ2v) is 4.45. The van der Waals surface area contributed by atoms with Crippen molar-refractivity contribution >= 4 is 11.6 Å². The molecule has 0 aliphatic rings. The molecule has 0 radical (unpaired) electrons. The number of carbonyl (C=O) groups is 1. The maximum atomic E-state index is 11.8. The minimum absolute atomic E-state index is 0. The largest absolute Gasteiger partial charge is 0.319 e. The summed E-state index contributed by atoms with van der Waals surface area (Å²) in [6.45, 7) is 6.31. The van der Waals surface area contributed by atoms with Gasteiger partial charge in [0.1, 0.15) is 6.33 Å². The van der Waals surface area contributed by atoms with Crippen LogP contribution in [0.15, 0.2) is 43.0 Å². The monoisotopic (exact) mass is 273 g/mol. The van der Waals surface area contributed by atoms with Gasteiger partial charge in [0.05, 0.1) is 18.1 Å². The van der Waals surface area contributed by atoms with Crippen molar-refractivity contribution in [2.45, 2.75) is 33.6 Å². The first-order valence-electron chi connectivity index (χ1n) is 6.80. The van der Waals surface area contributed by atoms with E-state index in [1.54, 1.807) is 18.5 Å². The number of rotatable bonds is 3. The van der Waals surface area contributed by atoms with Crippen molar-refractivity contribution in [2.75, 3.05) is 5.32 Å². The highest BCUT2D eigenvalue weighted by molar-refractivity contribution is 6.04. The average molecular weight is 273 g/mol. The topological polar surface area (TPSA) is 54.9 Å². The Morgan fingerprint density at radius 1 is 1.20 bits per heavy atom.